The maximum absolute atomic E-state index is 12.7. The standard InChI is InChI=1S/C20H29N10O22P5/c21-15-9-17(25-3-23-15)29(5-27-9)19-12(33)11(32)8(47-19)2-45-53(35,36)49-55(39,40)51-57(43,44)52-56(41,42)50-54(37,38)48-14-7(1-31)46-20(13(14)34)30-6-28-10-16(22)24-4-26-18(10)30/h3-8,11-14,19-20,31-34H,1-2H2,(H,35,36)(H,37,38)(H,39,40)(H,41,42)(H,43,44)(H2,21,23,25)(H2,22,24,26). The van der Waals surface area contributed by atoms with Gasteiger partial charge in [0.2, 0.25) is 0 Å². The molecule has 0 spiro atoms. The summed E-state index contributed by atoms with van der Waals surface area (Å²) in [6.45, 7) is -2.18. The molecule has 32 nitrogen and oxygen atoms in total. The fourth-order valence-corrected chi connectivity index (χ4v) is 11.9. The number of nitrogens with two attached hydrogens (primary N) is 2. The maximum atomic E-state index is 12.7. The van der Waals surface area contributed by atoms with E-state index < -0.39 is 101 Å². The number of aliphatic hydroxyl groups is 4. The van der Waals surface area contributed by atoms with Gasteiger partial charge in [-0.15, -0.1) is 0 Å². The van der Waals surface area contributed by atoms with Crippen LogP contribution >= 0.6 is 39.1 Å². The molecule has 13 atom stereocenters. The number of nitrogens with zero attached hydrogens (tertiary/aromatic N) is 8. The van der Waals surface area contributed by atoms with Crippen molar-refractivity contribution in [1.82, 2.24) is 39.0 Å². The van der Waals surface area contributed by atoms with E-state index in [4.69, 9.17) is 25.5 Å². The number of imidazole rings is 2. The predicted octanol–water partition coefficient (Wildman–Crippen LogP) is -2.33. The third-order valence-electron chi connectivity index (χ3n) is 7.63. The SMILES string of the molecule is Nc1ncnc2c1ncn2C1OC(COP(=O)(O)OP(=O)(O)OP(=O)(O)OP(=O)(O)OP(=O)(O)OC2C(CO)OC(n3cnc4c(N)ncnc43)C2O)C(O)C1O. The highest BCUT2D eigenvalue weighted by Crippen LogP contribution is 2.74. The molecule has 4 aromatic rings. The molecule has 2 fully saturated rings. The van der Waals surface area contributed by atoms with Crippen molar-refractivity contribution in [2.24, 2.45) is 0 Å². The molecule has 0 radical (unpaired) electrons. The van der Waals surface area contributed by atoms with Crippen molar-refractivity contribution in [3.63, 3.8) is 0 Å². The van der Waals surface area contributed by atoms with Gasteiger partial charge in [0, 0.05) is 0 Å². The highest BCUT2D eigenvalue weighted by Gasteiger charge is 2.53. The topological polar surface area (TPSA) is 481 Å². The zero-order chi connectivity index (χ0) is 41.9. The Morgan fingerprint density at radius 1 is 0.614 bits per heavy atom. The molecule has 0 bridgehead atoms. The minimum absolute atomic E-state index is 0.00787. The van der Waals surface area contributed by atoms with E-state index >= 15 is 0 Å². The average Bonchev–Trinajstić information content (AvgIpc) is 3.83. The zero-order valence-corrected chi connectivity index (χ0v) is 32.1. The van der Waals surface area contributed by atoms with Gasteiger partial charge in [-0.1, -0.05) is 0 Å². The second kappa shape index (κ2) is 16.0. The van der Waals surface area contributed by atoms with Crippen LogP contribution in [-0.4, -0.2) is 134 Å². The number of aliphatic hydroxyl groups excluding tert-OH is 4. The summed E-state index contributed by atoms with van der Waals surface area (Å²) in [5, 5.41) is 41.5. The van der Waals surface area contributed by atoms with Gasteiger partial charge in [-0.2, -0.15) is 17.2 Å². The van der Waals surface area contributed by atoms with Crippen molar-refractivity contribution in [2.45, 2.75) is 49.1 Å². The van der Waals surface area contributed by atoms with Crippen molar-refractivity contribution < 1.29 is 103 Å². The predicted molar refractivity (Wildman–Crippen MR) is 177 cm³/mol. The van der Waals surface area contributed by atoms with Crippen LogP contribution in [0.3, 0.4) is 0 Å². The van der Waals surface area contributed by atoms with E-state index in [0.717, 1.165) is 34.4 Å². The lowest BCUT2D eigenvalue weighted by Crippen LogP contribution is -2.35. The van der Waals surface area contributed by atoms with Crippen LogP contribution in [0.15, 0.2) is 25.3 Å². The van der Waals surface area contributed by atoms with E-state index in [1.165, 1.54) is 0 Å². The smallest absolute Gasteiger partial charge is 0.394 e. The van der Waals surface area contributed by atoms with Crippen LogP contribution in [0.25, 0.3) is 22.3 Å². The third-order valence-corrected chi connectivity index (χ3v) is 15.2. The summed E-state index contributed by atoms with van der Waals surface area (Å²) < 4.78 is 99.7. The lowest BCUT2D eigenvalue weighted by molar-refractivity contribution is -0.0509. The van der Waals surface area contributed by atoms with Crippen molar-refractivity contribution in [3.8, 4) is 0 Å². The number of anilines is 2. The molecule has 0 aromatic carbocycles. The lowest BCUT2D eigenvalue weighted by Gasteiger charge is -2.24. The molecule has 13 N–H and O–H groups in total. The molecular weight excluding hydrogens is 887 g/mol. The Labute approximate surface area is 314 Å². The first-order valence-corrected chi connectivity index (χ1v) is 22.5. The van der Waals surface area contributed by atoms with Crippen LogP contribution in [0.2, 0.25) is 0 Å². The Balaban J connectivity index is 1.04. The number of rotatable bonds is 16. The van der Waals surface area contributed by atoms with Crippen molar-refractivity contribution >= 4 is 73.1 Å². The molecule has 2 aliphatic heterocycles. The number of ether oxygens (including phenoxy) is 2. The highest BCUT2D eigenvalue weighted by molar-refractivity contribution is 7.71. The summed E-state index contributed by atoms with van der Waals surface area (Å²) in [5.74, 6) is -0.117. The zero-order valence-electron chi connectivity index (χ0n) is 27.6. The lowest BCUT2D eigenvalue weighted by atomic mass is 10.1. The van der Waals surface area contributed by atoms with E-state index in [-0.39, 0.29) is 34.0 Å². The number of nitrogen functional groups attached to an aromatic ring is 2. The van der Waals surface area contributed by atoms with Gasteiger partial charge < -0.3 is 65.8 Å². The van der Waals surface area contributed by atoms with E-state index in [1.54, 1.807) is 0 Å². The van der Waals surface area contributed by atoms with Crippen LogP contribution < -0.4 is 11.5 Å². The molecule has 13 unspecified atom stereocenters. The van der Waals surface area contributed by atoms with Gasteiger partial charge in [-0.05, 0) is 0 Å². The Morgan fingerprint density at radius 2 is 1.05 bits per heavy atom. The second-order valence-corrected chi connectivity index (χ2v) is 19.3. The van der Waals surface area contributed by atoms with Gasteiger partial charge in [0.05, 0.1) is 25.9 Å². The van der Waals surface area contributed by atoms with Crippen molar-refractivity contribution in [2.75, 3.05) is 24.7 Å². The summed E-state index contributed by atoms with van der Waals surface area (Å²) >= 11 is 0. The molecule has 2 saturated heterocycles. The Bertz CT molecular complexity index is 2390. The van der Waals surface area contributed by atoms with Gasteiger partial charge in [0.15, 0.2) is 35.4 Å². The van der Waals surface area contributed by atoms with Gasteiger partial charge in [0.25, 0.3) is 0 Å². The normalized spacial score (nSPS) is 30.8. The molecule has 6 heterocycles. The Morgan fingerprint density at radius 3 is 1.54 bits per heavy atom. The average molecular weight is 916 g/mol. The number of phosphoric ester groups is 2. The summed E-state index contributed by atoms with van der Waals surface area (Å²) in [5.41, 5.74) is 11.6. The molecule has 0 saturated carbocycles. The van der Waals surface area contributed by atoms with E-state index in [9.17, 15) is 67.7 Å². The third kappa shape index (κ3) is 9.64. The van der Waals surface area contributed by atoms with Gasteiger partial charge in [-0.3, -0.25) is 18.2 Å². The first-order chi connectivity index (χ1) is 26.4. The molecule has 6 rings (SSSR count). The first-order valence-electron chi connectivity index (χ1n) is 15.1. The number of fused-ring (bicyclic) bond motifs is 2. The second-order valence-electron chi connectivity index (χ2n) is 11.5. The fraction of sp³-hybridized carbons (Fsp3) is 0.500. The molecule has 316 valence electrons. The number of aromatic nitrogens is 8. The summed E-state index contributed by atoms with van der Waals surface area (Å²) in [6, 6.07) is 0. The number of phosphoric acid groups is 5. The van der Waals surface area contributed by atoms with Gasteiger partial charge >= 0.3 is 39.1 Å². The highest BCUT2D eigenvalue weighted by atomic mass is 31.3. The van der Waals surface area contributed by atoms with Gasteiger partial charge in [-0.25, -0.2) is 52.7 Å². The minimum Gasteiger partial charge on any atom is -0.394 e. The van der Waals surface area contributed by atoms with E-state index in [2.05, 4.69) is 51.7 Å². The van der Waals surface area contributed by atoms with Crippen molar-refractivity contribution in [1.29, 1.82) is 0 Å². The summed E-state index contributed by atoms with van der Waals surface area (Å²) in [6.07, 6.45) is -9.71. The summed E-state index contributed by atoms with van der Waals surface area (Å²) in [4.78, 5) is 73.0. The Hall–Kier alpha value is -2.83. The monoisotopic (exact) mass is 916 g/mol. The largest absolute Gasteiger partial charge is 0.490 e. The van der Waals surface area contributed by atoms with E-state index in [1.807, 2.05) is 0 Å². The molecule has 2 aliphatic rings. The molecular formula is C20H29N10O22P5. The fourth-order valence-electron chi connectivity index (χ4n) is 5.37. The van der Waals surface area contributed by atoms with Crippen LogP contribution in [0, 0.1) is 0 Å². The van der Waals surface area contributed by atoms with Crippen LogP contribution in [0.1, 0.15) is 12.5 Å². The first kappa shape index (κ1) is 43.7. The van der Waals surface area contributed by atoms with Gasteiger partial charge in [0.1, 0.15) is 60.3 Å². The number of hydrogen-bond donors (Lipinski definition) is 11. The Kier molecular flexibility index (Phi) is 12.3. The molecule has 0 aliphatic carbocycles. The van der Waals surface area contributed by atoms with Crippen molar-refractivity contribution in [3.05, 3.63) is 25.3 Å². The molecule has 4 aromatic heterocycles. The molecule has 0 amide bonds. The maximum Gasteiger partial charge on any atom is 0.490 e. The number of hydrogen-bond acceptors (Lipinski definition) is 25. The molecule has 57 heavy (non-hydrogen) atoms. The summed E-state index contributed by atoms with van der Waals surface area (Å²) in [7, 11) is -31.2. The minimum atomic E-state index is -6.49. The molecule has 37 heteroatoms. The van der Waals surface area contributed by atoms with Crippen LogP contribution in [0.5, 0.6) is 0 Å². The quantitative estimate of drug-likeness (QED) is 0.0525. The van der Waals surface area contributed by atoms with E-state index in [0.29, 0.717) is 0 Å². The van der Waals surface area contributed by atoms with Crippen LogP contribution in [-0.2, 0) is 58.6 Å². The van der Waals surface area contributed by atoms with Crippen LogP contribution in [0.4, 0.5) is 11.6 Å².